The molecule has 0 saturated heterocycles. The third kappa shape index (κ3) is 1.83. The summed E-state index contributed by atoms with van der Waals surface area (Å²) in [5.74, 6) is 0. The maximum Gasteiger partial charge on any atom is 0.0738 e. The van der Waals surface area contributed by atoms with E-state index in [4.69, 9.17) is 4.98 Å². The van der Waals surface area contributed by atoms with E-state index >= 15 is 0 Å². The topological polar surface area (TPSA) is 28.7 Å². The highest BCUT2D eigenvalue weighted by Gasteiger charge is 2.12. The van der Waals surface area contributed by atoms with Gasteiger partial charge in [-0.1, -0.05) is 42.5 Å². The Labute approximate surface area is 123 Å². The molecule has 2 aromatic heterocycles. The van der Waals surface area contributed by atoms with Gasteiger partial charge in [-0.15, -0.1) is 0 Å². The minimum Gasteiger partial charge on any atom is -0.358 e. The van der Waals surface area contributed by atoms with Crippen molar-refractivity contribution in [3.8, 4) is 11.3 Å². The predicted octanol–water partition coefficient (Wildman–Crippen LogP) is 5.00. The van der Waals surface area contributed by atoms with Gasteiger partial charge in [0.15, 0.2) is 0 Å². The van der Waals surface area contributed by atoms with Crippen LogP contribution in [0.1, 0.15) is 11.3 Å². The maximum atomic E-state index is 4.91. The molecule has 0 spiro atoms. The van der Waals surface area contributed by atoms with Crippen LogP contribution in [0, 0.1) is 13.8 Å². The van der Waals surface area contributed by atoms with Crippen LogP contribution in [0.3, 0.4) is 0 Å². The van der Waals surface area contributed by atoms with Crippen LogP contribution in [0.25, 0.3) is 33.1 Å². The van der Waals surface area contributed by atoms with Crippen molar-refractivity contribution in [2.24, 2.45) is 0 Å². The molecule has 0 radical (unpaired) electrons. The lowest BCUT2D eigenvalue weighted by atomic mass is 10.0. The number of hydrogen-bond acceptors (Lipinski definition) is 1. The van der Waals surface area contributed by atoms with E-state index in [0.29, 0.717) is 0 Å². The molecule has 0 unspecified atom stereocenters. The van der Waals surface area contributed by atoms with Crippen LogP contribution in [0.2, 0.25) is 0 Å². The molecule has 2 nitrogen and oxygen atoms in total. The molecule has 21 heavy (non-hydrogen) atoms. The third-order valence-corrected chi connectivity index (χ3v) is 4.07. The summed E-state index contributed by atoms with van der Waals surface area (Å²) in [6.07, 6.45) is 0. The van der Waals surface area contributed by atoms with E-state index < -0.39 is 0 Å². The summed E-state index contributed by atoms with van der Waals surface area (Å²) in [4.78, 5) is 8.36. The number of rotatable bonds is 1. The van der Waals surface area contributed by atoms with Crippen molar-refractivity contribution in [1.29, 1.82) is 0 Å². The lowest BCUT2D eigenvalue weighted by Gasteiger charge is -2.06. The minimum atomic E-state index is 1.03. The van der Waals surface area contributed by atoms with Gasteiger partial charge in [0.25, 0.3) is 0 Å². The molecule has 0 amide bonds. The van der Waals surface area contributed by atoms with Crippen LogP contribution in [-0.2, 0) is 0 Å². The molecular weight excluding hydrogens is 256 g/mol. The zero-order valence-corrected chi connectivity index (χ0v) is 12.1. The van der Waals surface area contributed by atoms with E-state index in [1.807, 2.05) is 0 Å². The Kier molecular flexibility index (Phi) is 2.58. The van der Waals surface area contributed by atoms with Crippen molar-refractivity contribution in [1.82, 2.24) is 9.97 Å². The summed E-state index contributed by atoms with van der Waals surface area (Å²) in [6.45, 7) is 4.22. The van der Waals surface area contributed by atoms with E-state index in [9.17, 15) is 0 Å². The average Bonchev–Trinajstić information content (AvgIpc) is 2.83. The van der Waals surface area contributed by atoms with Crippen LogP contribution >= 0.6 is 0 Å². The Morgan fingerprint density at radius 2 is 1.71 bits per heavy atom. The second kappa shape index (κ2) is 4.45. The molecule has 4 rings (SSSR count). The highest BCUT2D eigenvalue weighted by Crippen LogP contribution is 2.32. The molecule has 2 heteroatoms. The van der Waals surface area contributed by atoms with E-state index in [-0.39, 0.29) is 0 Å². The molecule has 0 saturated carbocycles. The molecule has 0 fully saturated rings. The van der Waals surface area contributed by atoms with Crippen LogP contribution in [0.15, 0.2) is 54.6 Å². The standard InChI is InChI=1S/C19H16N2/c1-12-6-5-7-14-10-11-17(21-19(12)14)18-13(2)20-16-9-4-3-8-15(16)18/h3-11,20H,1-2H3. The van der Waals surface area contributed by atoms with Crippen molar-refractivity contribution >= 4 is 21.8 Å². The van der Waals surface area contributed by atoms with Gasteiger partial charge in [0.05, 0.1) is 11.2 Å². The van der Waals surface area contributed by atoms with Gasteiger partial charge in [-0.05, 0) is 31.5 Å². The quantitative estimate of drug-likeness (QED) is 0.519. The molecule has 102 valence electrons. The van der Waals surface area contributed by atoms with Gasteiger partial charge < -0.3 is 4.98 Å². The number of hydrogen-bond donors (Lipinski definition) is 1. The van der Waals surface area contributed by atoms with E-state index in [1.165, 1.54) is 21.9 Å². The number of aryl methyl sites for hydroxylation is 2. The Bertz CT molecular complexity index is 964. The fraction of sp³-hybridized carbons (Fsp3) is 0.105. The smallest absolute Gasteiger partial charge is 0.0738 e. The number of pyridine rings is 1. The fourth-order valence-electron chi connectivity index (χ4n) is 3.04. The highest BCUT2D eigenvalue weighted by molar-refractivity contribution is 5.97. The molecule has 0 atom stereocenters. The third-order valence-electron chi connectivity index (χ3n) is 4.07. The van der Waals surface area contributed by atoms with Crippen LogP contribution in [-0.4, -0.2) is 9.97 Å². The number of para-hydroxylation sites is 2. The van der Waals surface area contributed by atoms with Crippen molar-refractivity contribution in [2.75, 3.05) is 0 Å². The highest BCUT2D eigenvalue weighted by atomic mass is 14.8. The summed E-state index contributed by atoms with van der Waals surface area (Å²) < 4.78 is 0. The molecule has 0 aliphatic heterocycles. The molecule has 2 aromatic carbocycles. The van der Waals surface area contributed by atoms with Gasteiger partial charge >= 0.3 is 0 Å². The minimum absolute atomic E-state index is 1.03. The number of H-pyrrole nitrogens is 1. The van der Waals surface area contributed by atoms with Crippen molar-refractivity contribution in [2.45, 2.75) is 13.8 Å². The van der Waals surface area contributed by atoms with Crippen LogP contribution in [0.4, 0.5) is 0 Å². The average molecular weight is 272 g/mol. The van der Waals surface area contributed by atoms with E-state index in [0.717, 1.165) is 22.4 Å². The summed E-state index contributed by atoms with van der Waals surface area (Å²) in [5, 5.41) is 2.42. The SMILES string of the molecule is Cc1[nH]c2ccccc2c1-c1ccc2cccc(C)c2n1. The first-order valence-electron chi connectivity index (χ1n) is 7.18. The molecule has 0 aliphatic carbocycles. The van der Waals surface area contributed by atoms with Crippen molar-refractivity contribution in [3.63, 3.8) is 0 Å². The predicted molar refractivity (Wildman–Crippen MR) is 88.5 cm³/mol. The largest absolute Gasteiger partial charge is 0.358 e. The van der Waals surface area contributed by atoms with Crippen LogP contribution in [0.5, 0.6) is 0 Å². The Balaban J connectivity index is 2.04. The lowest BCUT2D eigenvalue weighted by Crippen LogP contribution is -1.88. The number of benzene rings is 2. The molecule has 1 N–H and O–H groups in total. The van der Waals surface area contributed by atoms with Gasteiger partial charge in [0, 0.05) is 27.5 Å². The first-order valence-corrected chi connectivity index (χ1v) is 7.18. The van der Waals surface area contributed by atoms with Crippen molar-refractivity contribution < 1.29 is 0 Å². The number of aromatic amines is 1. The van der Waals surface area contributed by atoms with Crippen molar-refractivity contribution in [3.05, 3.63) is 65.9 Å². The molecule has 0 bridgehead atoms. The van der Waals surface area contributed by atoms with Gasteiger partial charge in [0.2, 0.25) is 0 Å². The molecule has 0 aliphatic rings. The number of fused-ring (bicyclic) bond motifs is 2. The van der Waals surface area contributed by atoms with E-state index in [2.05, 4.69) is 73.4 Å². The van der Waals surface area contributed by atoms with Gasteiger partial charge in [-0.2, -0.15) is 0 Å². The van der Waals surface area contributed by atoms with Gasteiger partial charge in [-0.25, -0.2) is 4.98 Å². The second-order valence-corrected chi connectivity index (χ2v) is 5.51. The zero-order chi connectivity index (χ0) is 14.4. The number of aromatic nitrogens is 2. The Morgan fingerprint density at radius 3 is 2.62 bits per heavy atom. The first kappa shape index (κ1) is 12.2. The molecule has 4 aromatic rings. The fourth-order valence-corrected chi connectivity index (χ4v) is 3.04. The maximum absolute atomic E-state index is 4.91. The van der Waals surface area contributed by atoms with Gasteiger partial charge in [-0.3, -0.25) is 0 Å². The summed E-state index contributed by atoms with van der Waals surface area (Å²) in [6, 6.07) is 19.0. The zero-order valence-electron chi connectivity index (χ0n) is 12.1. The van der Waals surface area contributed by atoms with E-state index in [1.54, 1.807) is 0 Å². The first-order chi connectivity index (χ1) is 10.2. The summed E-state index contributed by atoms with van der Waals surface area (Å²) in [7, 11) is 0. The van der Waals surface area contributed by atoms with Crippen LogP contribution < -0.4 is 0 Å². The summed E-state index contributed by atoms with van der Waals surface area (Å²) in [5.41, 5.74) is 6.86. The molecule has 2 heterocycles. The lowest BCUT2D eigenvalue weighted by molar-refractivity contribution is 1.28. The Hall–Kier alpha value is -2.61. The molecular formula is C19H16N2. The normalized spacial score (nSPS) is 11.3. The number of nitrogens with zero attached hydrogens (tertiary/aromatic N) is 1. The monoisotopic (exact) mass is 272 g/mol. The summed E-state index contributed by atoms with van der Waals surface area (Å²) >= 11 is 0. The Morgan fingerprint density at radius 1 is 0.857 bits per heavy atom. The van der Waals surface area contributed by atoms with Gasteiger partial charge in [0.1, 0.15) is 0 Å². The number of nitrogens with one attached hydrogen (secondary N) is 1. The second-order valence-electron chi connectivity index (χ2n) is 5.51.